The minimum Gasteiger partial charge on any atom is -0.361 e. The number of para-hydroxylation sites is 1. The van der Waals surface area contributed by atoms with Crippen molar-refractivity contribution in [2.45, 2.75) is 57.9 Å². The van der Waals surface area contributed by atoms with Crippen molar-refractivity contribution in [1.29, 1.82) is 0 Å². The quantitative estimate of drug-likeness (QED) is 0.401. The van der Waals surface area contributed by atoms with E-state index in [-0.39, 0.29) is 24.3 Å². The molecule has 3 rings (SSSR count). The number of hydrogen-bond acceptors (Lipinski definition) is 3. The van der Waals surface area contributed by atoms with Crippen LogP contribution in [0.5, 0.6) is 0 Å². The third-order valence-electron chi connectivity index (χ3n) is 5.40. The van der Waals surface area contributed by atoms with Crippen LogP contribution in [-0.4, -0.2) is 46.9 Å². The topological polar surface area (TPSA) is 94.3 Å². The summed E-state index contributed by atoms with van der Waals surface area (Å²) in [5, 5.41) is 6.70. The van der Waals surface area contributed by atoms with Gasteiger partial charge in [-0.2, -0.15) is 0 Å². The number of rotatable bonds is 11. The number of carbonyl (C=O) groups excluding carboxylic acids is 3. The lowest BCUT2D eigenvalue weighted by Gasteiger charge is -2.12. The smallest absolute Gasteiger partial charge is 0.324 e. The van der Waals surface area contributed by atoms with Crippen molar-refractivity contribution >= 4 is 28.7 Å². The normalized spacial score (nSPS) is 16.4. The number of aromatic nitrogens is 1. The highest BCUT2D eigenvalue weighted by molar-refractivity contribution is 6.04. The molecular weight excluding hydrogens is 368 g/mol. The average molecular weight is 399 g/mol. The number of benzene rings is 1. The summed E-state index contributed by atoms with van der Waals surface area (Å²) in [5.74, 6) is -0.314. The highest BCUT2D eigenvalue weighted by Gasteiger charge is 2.37. The summed E-state index contributed by atoms with van der Waals surface area (Å²) in [7, 11) is 0. The van der Waals surface area contributed by atoms with Gasteiger partial charge >= 0.3 is 6.03 Å². The molecule has 7 heteroatoms. The average Bonchev–Trinajstić information content (AvgIpc) is 3.25. The summed E-state index contributed by atoms with van der Waals surface area (Å²) in [4.78, 5) is 41.2. The molecular formula is C22H30N4O3. The van der Waals surface area contributed by atoms with Crippen molar-refractivity contribution in [1.82, 2.24) is 20.5 Å². The zero-order valence-corrected chi connectivity index (χ0v) is 17.0. The van der Waals surface area contributed by atoms with Crippen molar-refractivity contribution in [2.24, 2.45) is 0 Å². The maximum atomic E-state index is 12.6. The first-order valence-corrected chi connectivity index (χ1v) is 10.5. The maximum absolute atomic E-state index is 12.6. The van der Waals surface area contributed by atoms with Crippen LogP contribution in [0.1, 0.15) is 51.0 Å². The number of imide groups is 1. The Kier molecular flexibility index (Phi) is 7.27. The molecule has 3 N–H and O–H groups in total. The Balaban J connectivity index is 1.44. The van der Waals surface area contributed by atoms with Gasteiger partial charge < -0.3 is 15.6 Å². The van der Waals surface area contributed by atoms with Crippen LogP contribution in [0.15, 0.2) is 30.5 Å². The standard InChI is InChI=1S/C22H30N4O3/c1-2-3-4-7-13-23-20(27)11-10-19-21(28)26(22(29)25-19)14-12-16-15-24-18-9-6-5-8-17(16)18/h5-6,8-9,15,19,24H,2-4,7,10-14H2,1H3,(H,23,27)(H,25,29). The molecule has 1 unspecified atom stereocenters. The summed E-state index contributed by atoms with van der Waals surface area (Å²) >= 11 is 0. The fraction of sp³-hybridized carbons (Fsp3) is 0.500. The van der Waals surface area contributed by atoms with E-state index in [1.54, 1.807) is 0 Å². The third kappa shape index (κ3) is 5.37. The van der Waals surface area contributed by atoms with Crippen LogP contribution in [0.4, 0.5) is 4.79 Å². The van der Waals surface area contributed by atoms with Crippen molar-refractivity contribution in [3.63, 3.8) is 0 Å². The molecule has 0 radical (unpaired) electrons. The zero-order chi connectivity index (χ0) is 20.6. The van der Waals surface area contributed by atoms with Crippen LogP contribution < -0.4 is 10.6 Å². The van der Waals surface area contributed by atoms with Gasteiger partial charge in [0.2, 0.25) is 5.91 Å². The fourth-order valence-corrected chi connectivity index (χ4v) is 3.70. The summed E-state index contributed by atoms with van der Waals surface area (Å²) in [5.41, 5.74) is 2.12. The van der Waals surface area contributed by atoms with Crippen LogP contribution in [-0.2, 0) is 16.0 Å². The number of H-pyrrole nitrogens is 1. The molecule has 29 heavy (non-hydrogen) atoms. The predicted octanol–water partition coefficient (Wildman–Crippen LogP) is 3.11. The molecule has 1 saturated heterocycles. The van der Waals surface area contributed by atoms with Gasteiger partial charge in [0.15, 0.2) is 0 Å². The van der Waals surface area contributed by atoms with E-state index >= 15 is 0 Å². The first-order valence-electron chi connectivity index (χ1n) is 10.5. The Morgan fingerprint density at radius 2 is 2.00 bits per heavy atom. The molecule has 1 aromatic carbocycles. The number of fused-ring (bicyclic) bond motifs is 1. The van der Waals surface area contributed by atoms with Gasteiger partial charge in [-0.25, -0.2) is 4.79 Å². The zero-order valence-electron chi connectivity index (χ0n) is 17.0. The molecule has 1 aromatic heterocycles. The number of carbonyl (C=O) groups is 3. The minimum absolute atomic E-state index is 0.0687. The number of urea groups is 1. The van der Waals surface area contributed by atoms with E-state index in [2.05, 4.69) is 22.5 Å². The SMILES string of the molecule is CCCCCCNC(=O)CCC1NC(=O)N(CCc2c[nH]c3ccccc23)C1=O. The molecule has 1 aliphatic rings. The second-order valence-electron chi connectivity index (χ2n) is 7.55. The molecule has 1 atom stereocenters. The molecule has 0 saturated carbocycles. The Bertz CT molecular complexity index is 861. The molecule has 0 bridgehead atoms. The second-order valence-corrected chi connectivity index (χ2v) is 7.55. The van der Waals surface area contributed by atoms with Gasteiger partial charge in [-0.1, -0.05) is 44.4 Å². The van der Waals surface area contributed by atoms with Gasteiger partial charge in [-0.3, -0.25) is 14.5 Å². The number of unbranched alkanes of at least 4 members (excludes halogenated alkanes) is 3. The predicted molar refractivity (Wildman–Crippen MR) is 112 cm³/mol. The van der Waals surface area contributed by atoms with E-state index in [0.717, 1.165) is 35.7 Å². The molecule has 2 heterocycles. The summed E-state index contributed by atoms with van der Waals surface area (Å²) in [6.45, 7) is 3.14. The lowest BCUT2D eigenvalue weighted by molar-refractivity contribution is -0.127. The van der Waals surface area contributed by atoms with Crippen molar-refractivity contribution in [3.8, 4) is 0 Å². The van der Waals surface area contributed by atoms with Gasteiger partial charge in [0.1, 0.15) is 6.04 Å². The molecule has 2 aromatic rings. The van der Waals surface area contributed by atoms with E-state index < -0.39 is 6.04 Å². The van der Waals surface area contributed by atoms with Gasteiger partial charge in [0.25, 0.3) is 5.91 Å². The van der Waals surface area contributed by atoms with Crippen molar-refractivity contribution < 1.29 is 14.4 Å². The first kappa shape index (κ1) is 20.9. The van der Waals surface area contributed by atoms with Gasteiger partial charge in [0, 0.05) is 36.6 Å². The molecule has 156 valence electrons. The summed E-state index contributed by atoms with van der Waals surface area (Å²) in [6, 6.07) is 6.97. The lowest BCUT2D eigenvalue weighted by atomic mass is 10.1. The first-order chi connectivity index (χ1) is 14.1. The fourth-order valence-electron chi connectivity index (χ4n) is 3.70. The number of aromatic amines is 1. The lowest BCUT2D eigenvalue weighted by Crippen LogP contribution is -2.34. The number of hydrogen-bond donors (Lipinski definition) is 3. The third-order valence-corrected chi connectivity index (χ3v) is 5.40. The largest absolute Gasteiger partial charge is 0.361 e. The van der Waals surface area contributed by atoms with Crippen LogP contribution in [0.2, 0.25) is 0 Å². The van der Waals surface area contributed by atoms with E-state index in [0.29, 0.717) is 25.9 Å². The van der Waals surface area contributed by atoms with Crippen molar-refractivity contribution in [3.05, 3.63) is 36.0 Å². The monoisotopic (exact) mass is 398 g/mol. The van der Waals surface area contributed by atoms with Crippen LogP contribution >= 0.6 is 0 Å². The summed E-state index contributed by atoms with van der Waals surface area (Å²) in [6.07, 6.45) is 7.50. The Hall–Kier alpha value is -2.83. The minimum atomic E-state index is -0.615. The second kappa shape index (κ2) is 10.1. The van der Waals surface area contributed by atoms with Crippen LogP contribution in [0, 0.1) is 0 Å². The molecule has 0 spiro atoms. The molecule has 4 amide bonds. The van der Waals surface area contributed by atoms with Gasteiger partial charge in [0.05, 0.1) is 0 Å². The van der Waals surface area contributed by atoms with E-state index in [1.165, 1.54) is 11.3 Å². The molecule has 1 fully saturated rings. The number of nitrogens with zero attached hydrogens (tertiary/aromatic N) is 1. The highest BCUT2D eigenvalue weighted by atomic mass is 16.2. The Labute approximate surface area is 171 Å². The summed E-state index contributed by atoms with van der Waals surface area (Å²) < 4.78 is 0. The molecule has 7 nitrogen and oxygen atoms in total. The van der Waals surface area contributed by atoms with E-state index in [4.69, 9.17) is 0 Å². The highest BCUT2D eigenvalue weighted by Crippen LogP contribution is 2.19. The Morgan fingerprint density at radius 3 is 2.83 bits per heavy atom. The molecule has 0 aliphatic carbocycles. The van der Waals surface area contributed by atoms with Crippen LogP contribution in [0.3, 0.4) is 0 Å². The van der Waals surface area contributed by atoms with E-state index in [1.807, 2.05) is 30.5 Å². The maximum Gasteiger partial charge on any atom is 0.324 e. The number of nitrogens with one attached hydrogen (secondary N) is 3. The number of amides is 4. The Morgan fingerprint density at radius 1 is 1.17 bits per heavy atom. The van der Waals surface area contributed by atoms with E-state index in [9.17, 15) is 14.4 Å². The van der Waals surface area contributed by atoms with Gasteiger partial charge in [-0.15, -0.1) is 0 Å². The molecule has 1 aliphatic heterocycles. The van der Waals surface area contributed by atoms with Crippen molar-refractivity contribution in [2.75, 3.05) is 13.1 Å². The van der Waals surface area contributed by atoms with Gasteiger partial charge in [-0.05, 0) is 30.9 Å². The van der Waals surface area contributed by atoms with Crippen LogP contribution in [0.25, 0.3) is 10.9 Å².